The Morgan fingerprint density at radius 1 is 0.305 bits per heavy atom. The molecular weight excluding hydrogens is 1840 g/mol. The molecule has 54 heteroatoms. The van der Waals surface area contributed by atoms with Crippen molar-refractivity contribution in [2.45, 2.75) is 311 Å². The van der Waals surface area contributed by atoms with E-state index in [1.807, 2.05) is 0 Å². The molecule has 141 heavy (non-hydrogen) atoms. The molecule has 0 unspecified atom stereocenters. The number of hydrogen-bond donors (Lipinski definition) is 32. The van der Waals surface area contributed by atoms with Crippen LogP contribution in [-0.2, 0) is 76.7 Å². The minimum atomic E-state index is -1.41. The Balaban J connectivity index is 1.18. The second-order valence-electron chi connectivity index (χ2n) is 37.1. The maximum Gasteiger partial charge on any atom is 0.326 e. The van der Waals surface area contributed by atoms with Crippen LogP contribution in [0.5, 0.6) is 0 Å². The van der Waals surface area contributed by atoms with Gasteiger partial charge in [0, 0.05) is 85.1 Å². The summed E-state index contributed by atoms with van der Waals surface area (Å²) in [5.74, 6) is -15.3. The van der Waals surface area contributed by atoms with Crippen LogP contribution in [0.1, 0.15) is 214 Å². The average Bonchev–Trinajstić information content (AvgIpc) is 1.66. The zero-order valence-corrected chi connectivity index (χ0v) is 81.7. The van der Waals surface area contributed by atoms with E-state index in [1.54, 1.807) is 27.7 Å². The molecule has 6 aliphatic rings. The van der Waals surface area contributed by atoms with Gasteiger partial charge in [-0.3, -0.25) is 110 Å². The number of likely N-dealkylation sites (tertiary alicyclic amines) is 6. The molecular formula is C87H155N37O17. The van der Waals surface area contributed by atoms with E-state index < -0.39 is 197 Å². The lowest BCUT2D eigenvalue weighted by molar-refractivity contribution is -0.148. The molecule has 0 aliphatic carbocycles. The number of nitrogens with one attached hydrogen (secondary N) is 23. The lowest BCUT2D eigenvalue weighted by atomic mass is 9.97. The van der Waals surface area contributed by atoms with E-state index in [2.05, 4.69) is 85.1 Å². The first-order valence-electron chi connectivity index (χ1n) is 49.0. The van der Waals surface area contributed by atoms with Gasteiger partial charge in [-0.25, -0.2) is 4.79 Å². The van der Waals surface area contributed by atoms with Crippen molar-refractivity contribution >= 4 is 136 Å². The topological polar surface area (TPSA) is 880 Å². The molecule has 790 valence electrons. The monoisotopic (exact) mass is 1990 g/mol. The van der Waals surface area contributed by atoms with Crippen molar-refractivity contribution in [3.63, 3.8) is 0 Å². The van der Waals surface area contributed by atoms with E-state index in [1.165, 1.54) is 36.3 Å². The Morgan fingerprint density at radius 3 is 0.872 bits per heavy atom. The van der Waals surface area contributed by atoms with Crippen LogP contribution >= 0.6 is 0 Å². The van der Waals surface area contributed by atoms with Gasteiger partial charge in [-0.05, 0) is 192 Å². The number of nitrogens with zero attached hydrogens (tertiary/aromatic N) is 6. The molecule has 0 saturated carbocycles. The van der Waals surface area contributed by atoms with Gasteiger partial charge in [0.1, 0.15) is 90.6 Å². The van der Waals surface area contributed by atoms with Crippen LogP contribution in [0.3, 0.4) is 0 Å². The quantitative estimate of drug-likeness (QED) is 0.0153. The van der Waals surface area contributed by atoms with Crippen LogP contribution in [0, 0.1) is 49.7 Å². The number of carbonyl (C=O) groups is 16. The van der Waals surface area contributed by atoms with E-state index in [-0.39, 0.29) is 261 Å². The number of hydrogen-bond acceptors (Lipinski definition) is 24. The van der Waals surface area contributed by atoms with Crippen molar-refractivity contribution in [3.8, 4) is 0 Å². The number of guanidine groups is 7. The van der Waals surface area contributed by atoms with Gasteiger partial charge >= 0.3 is 5.97 Å². The number of amides is 15. The average molecular weight is 1990 g/mol. The van der Waals surface area contributed by atoms with E-state index in [9.17, 15) is 48.3 Å². The number of rotatable bonds is 57. The van der Waals surface area contributed by atoms with Crippen LogP contribution in [-0.4, -0.2) is 353 Å². The Morgan fingerprint density at radius 2 is 0.560 bits per heavy atom. The highest BCUT2D eigenvalue weighted by Crippen LogP contribution is 2.30. The minimum Gasteiger partial charge on any atom is -0.480 e. The number of nitrogens with two attached hydrogens (primary N) is 8. The fraction of sp³-hybridized carbons (Fsp3) is 0.736. The van der Waals surface area contributed by atoms with Gasteiger partial charge in [0.2, 0.25) is 88.6 Å². The van der Waals surface area contributed by atoms with Crippen LogP contribution < -0.4 is 131 Å². The van der Waals surface area contributed by atoms with Gasteiger partial charge in [-0.1, -0.05) is 34.1 Å². The fourth-order valence-corrected chi connectivity index (χ4v) is 18.3. The summed E-state index contributed by atoms with van der Waals surface area (Å²) in [6.07, 6.45) is 4.14. The Hall–Kier alpha value is -13.6. The van der Waals surface area contributed by atoms with Crippen LogP contribution in [0.15, 0.2) is 0 Å². The van der Waals surface area contributed by atoms with Gasteiger partial charge in [0.15, 0.2) is 41.7 Å². The smallest absolute Gasteiger partial charge is 0.326 e. The lowest BCUT2D eigenvalue weighted by Gasteiger charge is -2.34. The predicted molar refractivity (Wildman–Crippen MR) is 520 cm³/mol. The van der Waals surface area contributed by atoms with Crippen molar-refractivity contribution < 1.29 is 81.8 Å². The van der Waals surface area contributed by atoms with Gasteiger partial charge in [-0.15, -0.1) is 0 Å². The SMILES string of the molecule is CC[C@H](C)[C@H](NC(=O)[C@H](C)NC(=O)[C@@H](N)CCCNC(=N)N)C(=O)N[C@@H](CCCNC(=N)N)C(=O)N1CCC[C@H]1C(=O)N[C@@H](CCCNC(=N)N)C(=O)N1CCC[C@H]1C(=O)N1CCC[C@H]1C(=O)N[C@@H](CCCNC(=N)N)C(=O)N[C@@H](CC(C)C)C(=O)N1CCC[C@H]1C(=O)N[C@@H](CCCNC(=N)N)C(=O)N1CCC[C@H]1C(=O)N[C@@H](CCCNC(=N)N)C(=O)N1CCC[C@H]1C(=O)N[C@@H](CCCNC(=N)N)C(=O)O. The molecule has 6 aliphatic heterocycles. The highest BCUT2D eigenvalue weighted by atomic mass is 16.4. The second kappa shape index (κ2) is 58.4. The molecule has 15 amide bonds. The van der Waals surface area contributed by atoms with Gasteiger partial charge in [-0.2, -0.15) is 0 Å². The van der Waals surface area contributed by atoms with Gasteiger partial charge in [0.05, 0.1) is 6.04 Å². The van der Waals surface area contributed by atoms with Gasteiger partial charge < -0.3 is 165 Å². The summed E-state index contributed by atoms with van der Waals surface area (Å²) in [5.41, 5.74) is 44.8. The normalized spacial score (nSPS) is 20.0. The summed E-state index contributed by atoms with van der Waals surface area (Å²) in [4.78, 5) is 241. The highest BCUT2D eigenvalue weighted by molar-refractivity contribution is 6.02. The second-order valence-corrected chi connectivity index (χ2v) is 37.1. The number of carbonyl (C=O) groups excluding carboxylic acids is 15. The van der Waals surface area contributed by atoms with Crippen LogP contribution in [0.25, 0.3) is 0 Å². The van der Waals surface area contributed by atoms with E-state index >= 15 is 33.6 Å². The highest BCUT2D eigenvalue weighted by Gasteiger charge is 2.49. The van der Waals surface area contributed by atoms with E-state index in [0.29, 0.717) is 51.4 Å². The third kappa shape index (κ3) is 37.2. The van der Waals surface area contributed by atoms with Crippen LogP contribution in [0.4, 0.5) is 0 Å². The first kappa shape index (κ1) is 116. The molecule has 40 N–H and O–H groups in total. The Labute approximate surface area is 820 Å². The number of aliphatic carboxylic acids is 1. The molecule has 6 fully saturated rings. The summed E-state index contributed by atoms with van der Waals surface area (Å²) in [7, 11) is 0. The molecule has 0 aromatic carbocycles. The molecule has 0 bridgehead atoms. The number of carboxylic acids is 1. The van der Waals surface area contributed by atoms with Crippen molar-refractivity contribution in [1.29, 1.82) is 37.9 Å². The molecule has 6 saturated heterocycles. The first-order valence-corrected chi connectivity index (χ1v) is 49.0. The molecule has 6 heterocycles. The van der Waals surface area contributed by atoms with E-state index in [0.717, 1.165) is 0 Å². The van der Waals surface area contributed by atoms with Gasteiger partial charge in [0.25, 0.3) is 0 Å². The molecule has 0 spiro atoms. The fourth-order valence-electron chi connectivity index (χ4n) is 18.3. The van der Waals surface area contributed by atoms with Crippen molar-refractivity contribution in [2.75, 3.05) is 85.1 Å². The summed E-state index contributed by atoms with van der Waals surface area (Å²) in [6, 6.07) is -20.1. The predicted octanol–water partition coefficient (Wildman–Crippen LogP) is -8.34. The van der Waals surface area contributed by atoms with Crippen molar-refractivity contribution in [1.82, 2.24) is 114 Å². The zero-order chi connectivity index (χ0) is 104. The standard InChI is InChI=1S/C87H155N37O17/c1-6-48(4)64(118-65(125)49(5)110-66(126)50(88)20-7-33-103-81(89)90)73(133)115-55(25-12-38-108-86(99)100)76(136)120-41-15-28-59(120)70(130)114-54(24-11-37-107-85(97)98)77(137)124-45-19-32-63(124)79(139)123-44-18-31-62(123)68(128)111-51(21-8-34-104-82(91)92)67(127)117-57(46-47(2)3)78(138)122-43-17-29-60(122)71(131)113-52(22-9-35-105-83(93)94)74(134)119-40-14-27-58(119)69(129)112-53(23-10-36-106-84(95)96)75(135)121-42-16-30-61(121)72(132)116-56(80(140)141)26-13-39-109-87(101)102/h47-64H,6-46,88H2,1-5H3,(H,110,126)(H,111,128)(H,112,129)(H,113,131)(H,114,130)(H,115,133)(H,116,132)(H,117,127)(H,118,125)(H,140,141)(H4,89,90,103)(H4,91,92,104)(H4,93,94,105)(H4,95,96,106)(H4,97,98,107)(H4,99,100,108)(H4,101,102,109)/t48-,49-,50-,51-,52-,53-,54-,55-,56-,57-,58-,59-,60-,61-,62-,63-,64-/m0/s1. The lowest BCUT2D eigenvalue weighted by Crippen LogP contribution is -2.61. The molecule has 17 atom stereocenters. The molecule has 0 aromatic rings. The zero-order valence-electron chi connectivity index (χ0n) is 81.7. The Kier molecular flexibility index (Phi) is 48.1. The largest absolute Gasteiger partial charge is 0.480 e. The third-order valence-corrected chi connectivity index (χ3v) is 25.8. The van der Waals surface area contributed by atoms with E-state index in [4.69, 9.17) is 83.7 Å². The maximum atomic E-state index is 15.3. The summed E-state index contributed by atoms with van der Waals surface area (Å²) < 4.78 is 0. The minimum absolute atomic E-state index is 0.0145. The first-order chi connectivity index (χ1) is 66.8. The number of carboxylic acid groups (broad SMARTS) is 1. The summed E-state index contributed by atoms with van der Waals surface area (Å²) >= 11 is 0. The molecule has 54 nitrogen and oxygen atoms in total. The maximum absolute atomic E-state index is 15.3. The van der Waals surface area contributed by atoms with Crippen molar-refractivity contribution in [2.24, 2.45) is 57.7 Å². The summed E-state index contributed by atoms with van der Waals surface area (Å²) in [5, 5.41) is 107. The van der Waals surface area contributed by atoms with Crippen LogP contribution in [0.2, 0.25) is 0 Å². The molecule has 6 rings (SSSR count). The van der Waals surface area contributed by atoms with Crippen molar-refractivity contribution in [3.05, 3.63) is 0 Å². The Bertz CT molecular complexity index is 4390. The molecule has 0 aromatic heterocycles. The third-order valence-electron chi connectivity index (χ3n) is 25.8. The summed E-state index contributed by atoms with van der Waals surface area (Å²) in [6.45, 7) is 9.55. The molecule has 0 radical (unpaired) electrons.